The smallest absolute Gasteiger partial charge is 1.00 e. The predicted octanol–water partition coefficient (Wildman–Crippen LogP) is 1.75. The van der Waals surface area contributed by atoms with Gasteiger partial charge >= 0.3 is 48.9 Å². The van der Waals surface area contributed by atoms with Crippen LogP contribution in [-0.4, -0.2) is 48.9 Å². The van der Waals surface area contributed by atoms with Crippen LogP contribution in [-0.2, 0) is 0 Å². The zero-order valence-electron chi connectivity index (χ0n) is 10.6. The molecule has 0 aromatic carbocycles. The molecule has 0 heterocycles. The molecule has 15 heavy (non-hydrogen) atoms. The molecule has 0 aliphatic rings. The molecule has 0 aliphatic carbocycles. The molecule has 2 heteroatoms. The second-order valence-corrected chi connectivity index (χ2v) is 4.04. The van der Waals surface area contributed by atoms with Crippen molar-refractivity contribution in [3.05, 3.63) is 6.92 Å². The van der Waals surface area contributed by atoms with Gasteiger partial charge in [-0.3, -0.25) is 0 Å². The van der Waals surface area contributed by atoms with Gasteiger partial charge in [0.15, 0.2) is 0 Å². The molecule has 0 fully saturated rings. The first-order chi connectivity index (χ1) is 6.41. The van der Waals surface area contributed by atoms with E-state index in [9.17, 15) is 0 Å². The zero-order chi connectivity index (χ0) is 9.78. The Labute approximate surface area is 148 Å². The summed E-state index contributed by atoms with van der Waals surface area (Å²) in [6.07, 6.45) is 15.4. The van der Waals surface area contributed by atoms with Crippen molar-refractivity contribution < 1.29 is 17.0 Å². The average Bonchev–Trinajstić information content (AvgIpc) is 2.16. The number of hydrogen-bond donors (Lipinski definition) is 0. The molecule has 0 unspecified atom stereocenters. The topological polar surface area (TPSA) is 0 Å². The minimum absolute atomic E-state index is 0. The van der Waals surface area contributed by atoms with Crippen molar-refractivity contribution in [2.45, 2.75) is 77.6 Å². The summed E-state index contributed by atoms with van der Waals surface area (Å²) >= 11 is 0. The molecule has 0 aromatic heterocycles. The van der Waals surface area contributed by atoms with Crippen LogP contribution in [0.25, 0.3) is 0 Å². The normalized spacial score (nSPS) is 9.20. The Morgan fingerprint density at radius 2 is 1.00 bits per heavy atom. The molecule has 0 bridgehead atoms. The van der Waals surface area contributed by atoms with Gasteiger partial charge in [0, 0.05) is 0 Å². The minimum atomic E-state index is 0. The maximum absolute atomic E-state index is 3.85. The van der Waals surface area contributed by atoms with E-state index < -0.39 is 0 Å². The third-order valence-electron chi connectivity index (χ3n) is 2.60. The minimum Gasteiger partial charge on any atom is -1.00 e. The maximum Gasteiger partial charge on any atom is 2.00 e. The molecular formula is C13H27BaBr. The van der Waals surface area contributed by atoms with Gasteiger partial charge in [-0.15, -0.1) is 0 Å². The first-order valence-corrected chi connectivity index (χ1v) is 6.21. The monoisotopic (exact) mass is 400 g/mol. The molecule has 0 aromatic rings. The van der Waals surface area contributed by atoms with Crippen LogP contribution in [0.4, 0.5) is 0 Å². The summed E-state index contributed by atoms with van der Waals surface area (Å²) in [5.74, 6) is 0. The molecule has 0 saturated carbocycles. The van der Waals surface area contributed by atoms with E-state index >= 15 is 0 Å². The van der Waals surface area contributed by atoms with Gasteiger partial charge in [0.25, 0.3) is 0 Å². The number of hydrogen-bond acceptors (Lipinski definition) is 0. The summed E-state index contributed by atoms with van der Waals surface area (Å²) in [6, 6.07) is 0. The molecule has 0 saturated heterocycles. The molecule has 0 radical (unpaired) electrons. The van der Waals surface area contributed by atoms with Crippen molar-refractivity contribution in [3.8, 4) is 0 Å². The average molecular weight is 401 g/mol. The van der Waals surface area contributed by atoms with E-state index in [-0.39, 0.29) is 65.9 Å². The van der Waals surface area contributed by atoms with Crippen molar-refractivity contribution in [3.63, 3.8) is 0 Å². The summed E-state index contributed by atoms with van der Waals surface area (Å²) in [5.41, 5.74) is 0. The Hall–Kier alpha value is 2.05. The molecule has 0 aliphatic heterocycles. The van der Waals surface area contributed by atoms with E-state index in [1.54, 1.807) is 0 Å². The molecule has 0 spiro atoms. The molecule has 0 atom stereocenters. The van der Waals surface area contributed by atoms with E-state index in [2.05, 4.69) is 13.8 Å². The Morgan fingerprint density at radius 1 is 0.667 bits per heavy atom. The standard InChI is InChI=1S/C13H27.Ba.BrH/c1-3-5-7-9-11-13-12-10-8-6-4-2;;/h1,3-13H2,2H3;;1H/q-1;+2;/p-1. The van der Waals surface area contributed by atoms with Crippen LogP contribution >= 0.6 is 0 Å². The predicted molar refractivity (Wildman–Crippen MR) is 67.6 cm³/mol. The second-order valence-electron chi connectivity index (χ2n) is 4.04. The maximum atomic E-state index is 3.85. The number of rotatable bonds is 10. The first-order valence-electron chi connectivity index (χ1n) is 6.21. The second kappa shape index (κ2) is 21.3. The van der Waals surface area contributed by atoms with Crippen LogP contribution in [0.15, 0.2) is 0 Å². The van der Waals surface area contributed by atoms with Crippen LogP contribution in [0.3, 0.4) is 0 Å². The van der Waals surface area contributed by atoms with Gasteiger partial charge in [-0.1, -0.05) is 71.1 Å². The fourth-order valence-electron chi connectivity index (χ4n) is 1.66. The van der Waals surface area contributed by atoms with Crippen molar-refractivity contribution >= 4 is 48.9 Å². The van der Waals surface area contributed by atoms with Crippen LogP contribution in [0.2, 0.25) is 0 Å². The summed E-state index contributed by atoms with van der Waals surface area (Å²) < 4.78 is 0. The zero-order valence-corrected chi connectivity index (χ0v) is 16.6. The van der Waals surface area contributed by atoms with Crippen LogP contribution in [0.1, 0.15) is 77.6 Å². The summed E-state index contributed by atoms with van der Waals surface area (Å²) in [7, 11) is 0. The first kappa shape index (κ1) is 22.3. The summed E-state index contributed by atoms with van der Waals surface area (Å²) in [4.78, 5) is 0. The van der Waals surface area contributed by atoms with Crippen LogP contribution in [0, 0.1) is 6.92 Å². The van der Waals surface area contributed by atoms with E-state index in [1.807, 2.05) is 0 Å². The van der Waals surface area contributed by atoms with Gasteiger partial charge in [-0.05, 0) is 0 Å². The van der Waals surface area contributed by atoms with Gasteiger partial charge in [0.05, 0.1) is 0 Å². The molecular weight excluding hydrogens is 373 g/mol. The number of halogens is 1. The van der Waals surface area contributed by atoms with Crippen molar-refractivity contribution in [1.82, 2.24) is 0 Å². The van der Waals surface area contributed by atoms with Gasteiger partial charge in [-0.2, -0.15) is 6.42 Å². The van der Waals surface area contributed by atoms with Gasteiger partial charge in [-0.25, -0.2) is 0 Å². The van der Waals surface area contributed by atoms with Gasteiger partial charge in [0.2, 0.25) is 0 Å². The van der Waals surface area contributed by atoms with E-state index in [0.717, 1.165) is 6.42 Å². The van der Waals surface area contributed by atoms with Crippen molar-refractivity contribution in [2.75, 3.05) is 0 Å². The molecule has 88 valence electrons. The third kappa shape index (κ3) is 21.8. The molecule has 0 amide bonds. The van der Waals surface area contributed by atoms with Crippen molar-refractivity contribution in [2.24, 2.45) is 0 Å². The van der Waals surface area contributed by atoms with Gasteiger partial charge < -0.3 is 23.9 Å². The number of unbranched alkanes of at least 4 members (excludes halogenated alkanes) is 10. The van der Waals surface area contributed by atoms with Crippen LogP contribution in [0.5, 0.6) is 0 Å². The quantitative estimate of drug-likeness (QED) is 0.298. The largest absolute Gasteiger partial charge is 2.00 e. The van der Waals surface area contributed by atoms with Gasteiger partial charge in [0.1, 0.15) is 0 Å². The molecule has 0 rings (SSSR count). The van der Waals surface area contributed by atoms with E-state index in [0.29, 0.717) is 0 Å². The van der Waals surface area contributed by atoms with E-state index in [4.69, 9.17) is 0 Å². The Morgan fingerprint density at radius 3 is 1.33 bits per heavy atom. The molecule has 0 nitrogen and oxygen atoms in total. The van der Waals surface area contributed by atoms with Crippen LogP contribution < -0.4 is 17.0 Å². The Balaban J connectivity index is -0.000000720. The Bertz CT molecular complexity index is 76.6. The molecule has 0 N–H and O–H groups in total. The van der Waals surface area contributed by atoms with E-state index in [1.165, 1.54) is 64.2 Å². The van der Waals surface area contributed by atoms with Crippen molar-refractivity contribution in [1.29, 1.82) is 0 Å². The summed E-state index contributed by atoms with van der Waals surface area (Å²) in [6.45, 7) is 6.13. The fraction of sp³-hybridized carbons (Fsp3) is 0.923. The summed E-state index contributed by atoms with van der Waals surface area (Å²) in [5, 5.41) is 0. The third-order valence-corrected chi connectivity index (χ3v) is 2.60. The Kier molecular flexibility index (Phi) is 31.7. The SMILES string of the molecule is [Ba+2].[Br-].[CH2-]CCCCCCCCCCCC. The fourth-order valence-corrected chi connectivity index (χ4v) is 1.66.